The molecule has 0 unspecified atom stereocenters. The Kier molecular flexibility index (Phi) is 4.19. The number of fused-ring (bicyclic) bond motifs is 1. The van der Waals surface area contributed by atoms with Crippen LogP contribution in [0, 0.1) is 12.7 Å². The Balaban J connectivity index is 1.84. The Morgan fingerprint density at radius 2 is 1.93 bits per heavy atom. The predicted molar refractivity (Wildman–Crippen MR) is 105 cm³/mol. The lowest BCUT2D eigenvalue weighted by Crippen LogP contribution is -2.08. The van der Waals surface area contributed by atoms with E-state index in [-0.39, 0.29) is 5.82 Å². The first-order chi connectivity index (χ1) is 13.0. The van der Waals surface area contributed by atoms with Crippen LogP contribution >= 0.6 is 0 Å². The SMILES string of the molecule is CCc1nc2ccc(F)cc2n1-c1cc(N)nc(Nc2cccc(C)c2)n1. The van der Waals surface area contributed by atoms with Crippen LogP contribution in [0.15, 0.2) is 48.5 Å². The van der Waals surface area contributed by atoms with Crippen LogP contribution in [0.2, 0.25) is 0 Å². The summed E-state index contributed by atoms with van der Waals surface area (Å²) in [5.74, 6) is 1.68. The maximum atomic E-state index is 13.8. The van der Waals surface area contributed by atoms with Crippen molar-refractivity contribution in [1.29, 1.82) is 0 Å². The van der Waals surface area contributed by atoms with Gasteiger partial charge in [0, 0.05) is 24.2 Å². The fraction of sp³-hybridized carbons (Fsp3) is 0.150. The number of halogens is 1. The van der Waals surface area contributed by atoms with E-state index in [9.17, 15) is 4.39 Å². The van der Waals surface area contributed by atoms with Gasteiger partial charge in [-0.2, -0.15) is 9.97 Å². The second-order valence-corrected chi connectivity index (χ2v) is 6.32. The zero-order chi connectivity index (χ0) is 19.0. The van der Waals surface area contributed by atoms with Gasteiger partial charge in [-0.3, -0.25) is 4.57 Å². The second kappa shape index (κ2) is 6.68. The summed E-state index contributed by atoms with van der Waals surface area (Å²) >= 11 is 0. The molecule has 0 aliphatic heterocycles. The molecule has 2 aromatic carbocycles. The molecule has 4 rings (SSSR count). The number of aryl methyl sites for hydroxylation is 2. The van der Waals surface area contributed by atoms with E-state index in [1.807, 2.05) is 42.7 Å². The lowest BCUT2D eigenvalue weighted by molar-refractivity contribution is 0.629. The molecule has 136 valence electrons. The number of nitrogens with one attached hydrogen (secondary N) is 1. The molecule has 7 heteroatoms. The molecule has 27 heavy (non-hydrogen) atoms. The van der Waals surface area contributed by atoms with Gasteiger partial charge in [-0.25, -0.2) is 9.37 Å². The third-order valence-electron chi connectivity index (χ3n) is 4.24. The summed E-state index contributed by atoms with van der Waals surface area (Å²) in [6, 6.07) is 14.1. The number of anilines is 3. The third-order valence-corrected chi connectivity index (χ3v) is 4.24. The smallest absolute Gasteiger partial charge is 0.231 e. The summed E-state index contributed by atoms with van der Waals surface area (Å²) in [6.07, 6.45) is 0.668. The fourth-order valence-corrected chi connectivity index (χ4v) is 3.07. The molecule has 0 bridgehead atoms. The number of benzene rings is 2. The Bertz CT molecular complexity index is 1130. The molecular weight excluding hydrogens is 343 g/mol. The first-order valence-corrected chi connectivity index (χ1v) is 8.69. The van der Waals surface area contributed by atoms with Crippen molar-refractivity contribution in [1.82, 2.24) is 19.5 Å². The highest BCUT2D eigenvalue weighted by atomic mass is 19.1. The molecule has 0 aliphatic rings. The molecule has 0 aliphatic carbocycles. The van der Waals surface area contributed by atoms with E-state index in [2.05, 4.69) is 20.3 Å². The molecule has 0 saturated carbocycles. The summed E-state index contributed by atoms with van der Waals surface area (Å²) in [5.41, 5.74) is 9.35. The quantitative estimate of drug-likeness (QED) is 0.570. The van der Waals surface area contributed by atoms with Crippen LogP contribution in [0.5, 0.6) is 0 Å². The standard InChI is InChI=1S/C20H19FN6/c1-3-18-24-15-8-7-13(21)10-16(15)27(18)19-11-17(22)25-20(26-19)23-14-6-4-5-12(2)9-14/h4-11H,3H2,1-2H3,(H3,22,23,25,26). The number of aromatic nitrogens is 4. The Hall–Kier alpha value is -3.48. The van der Waals surface area contributed by atoms with Crippen molar-refractivity contribution in [3.63, 3.8) is 0 Å². The van der Waals surface area contributed by atoms with Crippen LogP contribution < -0.4 is 11.1 Å². The van der Waals surface area contributed by atoms with Gasteiger partial charge in [0.25, 0.3) is 0 Å². The highest BCUT2D eigenvalue weighted by molar-refractivity contribution is 5.78. The average Bonchev–Trinajstić information content (AvgIpc) is 2.99. The number of hydrogen-bond donors (Lipinski definition) is 2. The predicted octanol–water partition coefficient (Wildman–Crippen LogP) is 4.15. The minimum atomic E-state index is -0.327. The van der Waals surface area contributed by atoms with Crippen molar-refractivity contribution in [2.45, 2.75) is 20.3 Å². The minimum absolute atomic E-state index is 0.315. The summed E-state index contributed by atoms with van der Waals surface area (Å²) in [7, 11) is 0. The number of nitrogens with zero attached hydrogens (tertiary/aromatic N) is 4. The number of rotatable bonds is 4. The number of hydrogen-bond acceptors (Lipinski definition) is 5. The molecule has 0 fully saturated rings. The molecule has 2 heterocycles. The monoisotopic (exact) mass is 362 g/mol. The lowest BCUT2D eigenvalue weighted by atomic mass is 10.2. The fourth-order valence-electron chi connectivity index (χ4n) is 3.07. The van der Waals surface area contributed by atoms with E-state index in [0.717, 1.165) is 17.1 Å². The number of imidazole rings is 1. The van der Waals surface area contributed by atoms with Gasteiger partial charge in [-0.1, -0.05) is 19.1 Å². The Morgan fingerprint density at radius 3 is 2.70 bits per heavy atom. The second-order valence-electron chi connectivity index (χ2n) is 6.32. The molecule has 0 radical (unpaired) electrons. The summed E-state index contributed by atoms with van der Waals surface area (Å²) in [5, 5.41) is 3.17. The molecule has 3 N–H and O–H groups in total. The van der Waals surface area contributed by atoms with E-state index in [1.165, 1.54) is 12.1 Å². The van der Waals surface area contributed by atoms with Crippen molar-refractivity contribution in [3.05, 3.63) is 65.7 Å². The number of nitrogen functional groups attached to an aromatic ring is 1. The molecule has 0 amide bonds. The highest BCUT2D eigenvalue weighted by Crippen LogP contribution is 2.24. The highest BCUT2D eigenvalue weighted by Gasteiger charge is 2.15. The molecule has 0 spiro atoms. The van der Waals surface area contributed by atoms with E-state index < -0.39 is 0 Å². The van der Waals surface area contributed by atoms with E-state index >= 15 is 0 Å². The van der Waals surface area contributed by atoms with Gasteiger partial charge >= 0.3 is 0 Å². The van der Waals surface area contributed by atoms with Crippen LogP contribution in [0.3, 0.4) is 0 Å². The lowest BCUT2D eigenvalue weighted by Gasteiger charge is -2.11. The molecule has 2 aromatic heterocycles. The number of nitrogens with two attached hydrogens (primary N) is 1. The van der Waals surface area contributed by atoms with Gasteiger partial charge < -0.3 is 11.1 Å². The topological polar surface area (TPSA) is 81.7 Å². The minimum Gasteiger partial charge on any atom is -0.383 e. The molecule has 0 atom stereocenters. The molecule has 0 saturated heterocycles. The van der Waals surface area contributed by atoms with Crippen molar-refractivity contribution in [2.75, 3.05) is 11.1 Å². The van der Waals surface area contributed by atoms with Crippen molar-refractivity contribution >= 4 is 28.5 Å². The normalized spacial score (nSPS) is 11.1. The third kappa shape index (κ3) is 3.31. The molecule has 4 aromatic rings. The van der Waals surface area contributed by atoms with E-state index in [1.54, 1.807) is 12.1 Å². The van der Waals surface area contributed by atoms with Gasteiger partial charge in [0.05, 0.1) is 11.0 Å². The van der Waals surface area contributed by atoms with Crippen molar-refractivity contribution < 1.29 is 4.39 Å². The van der Waals surface area contributed by atoms with Crippen LogP contribution in [0.4, 0.5) is 21.8 Å². The largest absolute Gasteiger partial charge is 0.383 e. The summed E-state index contributed by atoms with van der Waals surface area (Å²) in [4.78, 5) is 13.4. The van der Waals surface area contributed by atoms with Gasteiger partial charge in [-0.05, 0) is 36.8 Å². The van der Waals surface area contributed by atoms with Crippen LogP contribution in [-0.2, 0) is 6.42 Å². The zero-order valence-corrected chi connectivity index (χ0v) is 15.1. The van der Waals surface area contributed by atoms with Crippen molar-refractivity contribution in [2.24, 2.45) is 0 Å². The molecular formula is C20H19FN6. The first kappa shape index (κ1) is 17.0. The van der Waals surface area contributed by atoms with E-state index in [0.29, 0.717) is 35.0 Å². The molecule has 6 nitrogen and oxygen atoms in total. The van der Waals surface area contributed by atoms with Crippen molar-refractivity contribution in [3.8, 4) is 5.82 Å². The summed E-state index contributed by atoms with van der Waals surface area (Å²) in [6.45, 7) is 4.00. The Labute approximate surface area is 155 Å². The summed E-state index contributed by atoms with van der Waals surface area (Å²) < 4.78 is 15.6. The average molecular weight is 362 g/mol. The Morgan fingerprint density at radius 1 is 1.07 bits per heavy atom. The van der Waals surface area contributed by atoms with Crippen LogP contribution in [-0.4, -0.2) is 19.5 Å². The first-order valence-electron chi connectivity index (χ1n) is 8.69. The maximum absolute atomic E-state index is 13.8. The van der Waals surface area contributed by atoms with Gasteiger partial charge in [-0.15, -0.1) is 0 Å². The van der Waals surface area contributed by atoms with Crippen LogP contribution in [0.25, 0.3) is 16.9 Å². The van der Waals surface area contributed by atoms with E-state index in [4.69, 9.17) is 5.73 Å². The van der Waals surface area contributed by atoms with Crippen LogP contribution in [0.1, 0.15) is 18.3 Å². The van der Waals surface area contributed by atoms with Gasteiger partial charge in [0.1, 0.15) is 23.3 Å². The van der Waals surface area contributed by atoms with Gasteiger partial charge in [0.2, 0.25) is 5.95 Å². The van der Waals surface area contributed by atoms with Gasteiger partial charge in [0.15, 0.2) is 0 Å². The maximum Gasteiger partial charge on any atom is 0.231 e. The zero-order valence-electron chi connectivity index (χ0n) is 15.1.